The number of nitrogens with one attached hydrogen (secondary N) is 1. The van der Waals surface area contributed by atoms with Crippen molar-refractivity contribution in [3.8, 4) is 0 Å². The third kappa shape index (κ3) is 3.41. The lowest BCUT2D eigenvalue weighted by molar-refractivity contribution is 0.366. The molecule has 27 heavy (non-hydrogen) atoms. The maximum absolute atomic E-state index is 12.6. The molecule has 1 saturated heterocycles. The number of hydrogen-bond acceptors (Lipinski definition) is 5. The number of anilines is 2. The average molecular weight is 366 g/mol. The van der Waals surface area contributed by atoms with Crippen molar-refractivity contribution < 1.29 is 0 Å². The molecule has 4 rings (SSSR count). The Morgan fingerprint density at radius 3 is 2.44 bits per heavy atom. The number of para-hydroxylation sites is 1. The minimum Gasteiger partial charge on any atom is -0.370 e. The lowest BCUT2D eigenvalue weighted by Crippen LogP contribution is -2.33. The molecular formula is C20H26N6O. The van der Waals surface area contributed by atoms with Crippen molar-refractivity contribution in [2.75, 3.05) is 36.0 Å². The van der Waals surface area contributed by atoms with Crippen LogP contribution >= 0.6 is 0 Å². The summed E-state index contributed by atoms with van der Waals surface area (Å²) in [6.07, 6.45) is 2.62. The highest BCUT2D eigenvalue weighted by atomic mass is 16.1. The Balaban J connectivity index is 1.63. The van der Waals surface area contributed by atoms with E-state index >= 15 is 0 Å². The Labute approximate surface area is 158 Å². The molecule has 3 heterocycles. The highest BCUT2D eigenvalue weighted by Gasteiger charge is 2.22. The summed E-state index contributed by atoms with van der Waals surface area (Å²) in [6.45, 7) is 9.74. The van der Waals surface area contributed by atoms with E-state index in [1.54, 1.807) is 6.20 Å². The van der Waals surface area contributed by atoms with Gasteiger partial charge in [-0.15, -0.1) is 0 Å². The Kier molecular flexibility index (Phi) is 4.37. The van der Waals surface area contributed by atoms with Gasteiger partial charge in [-0.2, -0.15) is 10.1 Å². The number of hydrogen-bond donors (Lipinski definition) is 1. The van der Waals surface area contributed by atoms with Crippen LogP contribution in [-0.2, 0) is 5.54 Å². The van der Waals surface area contributed by atoms with E-state index < -0.39 is 0 Å². The normalized spacial score (nSPS) is 16.0. The summed E-state index contributed by atoms with van der Waals surface area (Å²) in [5.41, 5.74) is 1.52. The standard InChI is InChI=1S/C20H26N6O/c1-20(2,3)26-17-16(14-21-26)18(27)23-19(22-17)25-11-7-10-24(12-13-25)15-8-5-4-6-9-15/h4-6,8-9,14H,7,10-13H2,1-3H3,(H,22,23,27). The van der Waals surface area contributed by atoms with Gasteiger partial charge in [0, 0.05) is 31.9 Å². The van der Waals surface area contributed by atoms with Gasteiger partial charge in [0.25, 0.3) is 5.56 Å². The van der Waals surface area contributed by atoms with Gasteiger partial charge in [-0.25, -0.2) is 4.68 Å². The van der Waals surface area contributed by atoms with Crippen LogP contribution < -0.4 is 15.4 Å². The van der Waals surface area contributed by atoms with Crippen molar-refractivity contribution in [3.63, 3.8) is 0 Å². The molecule has 7 nitrogen and oxygen atoms in total. The third-order valence-corrected chi connectivity index (χ3v) is 4.98. The maximum atomic E-state index is 12.6. The first-order valence-electron chi connectivity index (χ1n) is 9.47. The van der Waals surface area contributed by atoms with E-state index in [-0.39, 0.29) is 11.1 Å². The largest absolute Gasteiger partial charge is 0.370 e. The first-order valence-corrected chi connectivity index (χ1v) is 9.47. The van der Waals surface area contributed by atoms with Crippen LogP contribution in [0.15, 0.2) is 41.3 Å². The molecule has 0 spiro atoms. The molecule has 1 aliphatic heterocycles. The van der Waals surface area contributed by atoms with E-state index in [1.165, 1.54) is 5.69 Å². The lowest BCUT2D eigenvalue weighted by atomic mass is 10.1. The Hall–Kier alpha value is -2.83. The molecule has 1 aliphatic rings. The number of aromatic amines is 1. The molecule has 0 amide bonds. The number of rotatable bonds is 2. The molecule has 1 N–H and O–H groups in total. The van der Waals surface area contributed by atoms with Crippen molar-refractivity contribution in [2.45, 2.75) is 32.7 Å². The predicted octanol–water partition coefficient (Wildman–Crippen LogP) is 2.59. The molecule has 142 valence electrons. The van der Waals surface area contributed by atoms with Gasteiger partial charge in [-0.1, -0.05) is 18.2 Å². The van der Waals surface area contributed by atoms with Gasteiger partial charge in [0.05, 0.1) is 11.7 Å². The quantitative estimate of drug-likeness (QED) is 0.755. The third-order valence-electron chi connectivity index (χ3n) is 4.98. The first kappa shape index (κ1) is 17.6. The molecule has 0 unspecified atom stereocenters. The van der Waals surface area contributed by atoms with Crippen LogP contribution in [0.5, 0.6) is 0 Å². The van der Waals surface area contributed by atoms with Gasteiger partial charge < -0.3 is 9.80 Å². The molecule has 3 aromatic rings. The average Bonchev–Trinajstić information content (AvgIpc) is 2.93. The summed E-state index contributed by atoms with van der Waals surface area (Å²) in [7, 11) is 0. The zero-order valence-corrected chi connectivity index (χ0v) is 16.1. The van der Waals surface area contributed by atoms with Crippen LogP contribution in [0.1, 0.15) is 27.2 Å². The Bertz CT molecular complexity index is 985. The van der Waals surface area contributed by atoms with Crippen LogP contribution in [-0.4, -0.2) is 45.9 Å². The van der Waals surface area contributed by atoms with Gasteiger partial charge in [-0.05, 0) is 39.3 Å². The van der Waals surface area contributed by atoms with E-state index in [9.17, 15) is 4.79 Å². The summed E-state index contributed by atoms with van der Waals surface area (Å²) in [6, 6.07) is 10.5. The number of fused-ring (bicyclic) bond motifs is 1. The maximum Gasteiger partial charge on any atom is 0.263 e. The topological polar surface area (TPSA) is 70.1 Å². The number of nitrogens with zero attached hydrogens (tertiary/aromatic N) is 5. The zero-order valence-electron chi connectivity index (χ0n) is 16.1. The van der Waals surface area contributed by atoms with E-state index in [2.05, 4.69) is 64.9 Å². The number of aromatic nitrogens is 4. The second-order valence-electron chi connectivity index (χ2n) is 8.02. The second-order valence-corrected chi connectivity index (χ2v) is 8.02. The van der Waals surface area contributed by atoms with Crippen molar-refractivity contribution in [3.05, 3.63) is 46.9 Å². The highest BCUT2D eigenvalue weighted by Crippen LogP contribution is 2.21. The number of benzene rings is 1. The zero-order chi connectivity index (χ0) is 19.0. The van der Waals surface area contributed by atoms with Gasteiger partial charge in [0.2, 0.25) is 5.95 Å². The summed E-state index contributed by atoms with van der Waals surface area (Å²) in [5, 5.41) is 4.93. The highest BCUT2D eigenvalue weighted by molar-refractivity contribution is 5.74. The van der Waals surface area contributed by atoms with Crippen molar-refractivity contribution in [2.24, 2.45) is 0 Å². The monoisotopic (exact) mass is 366 g/mol. The van der Waals surface area contributed by atoms with Crippen LogP contribution in [0, 0.1) is 0 Å². The Morgan fingerprint density at radius 1 is 1.00 bits per heavy atom. The molecule has 0 aliphatic carbocycles. The smallest absolute Gasteiger partial charge is 0.263 e. The summed E-state index contributed by atoms with van der Waals surface area (Å²) < 4.78 is 1.83. The summed E-state index contributed by atoms with van der Waals surface area (Å²) in [5.74, 6) is 0.633. The predicted molar refractivity (Wildman–Crippen MR) is 109 cm³/mol. The van der Waals surface area contributed by atoms with Crippen molar-refractivity contribution in [1.82, 2.24) is 19.7 Å². The fourth-order valence-corrected chi connectivity index (χ4v) is 3.57. The molecule has 0 atom stereocenters. The summed E-state index contributed by atoms with van der Waals surface area (Å²) >= 11 is 0. The summed E-state index contributed by atoms with van der Waals surface area (Å²) in [4.78, 5) is 24.9. The first-order chi connectivity index (χ1) is 12.9. The van der Waals surface area contributed by atoms with Gasteiger partial charge >= 0.3 is 0 Å². The molecule has 1 aromatic carbocycles. The fraction of sp³-hybridized carbons (Fsp3) is 0.450. The van der Waals surface area contributed by atoms with E-state index in [1.807, 2.05) is 10.7 Å². The molecule has 0 bridgehead atoms. The molecule has 7 heteroatoms. The van der Waals surface area contributed by atoms with Gasteiger partial charge in [0.1, 0.15) is 5.39 Å². The van der Waals surface area contributed by atoms with Gasteiger partial charge in [0.15, 0.2) is 5.65 Å². The minimum atomic E-state index is -0.233. The molecule has 0 radical (unpaired) electrons. The molecule has 2 aromatic heterocycles. The molecule has 0 saturated carbocycles. The molecule has 1 fully saturated rings. The lowest BCUT2D eigenvalue weighted by Gasteiger charge is -2.24. The molecular weight excluding hydrogens is 340 g/mol. The van der Waals surface area contributed by atoms with Crippen LogP contribution in [0.2, 0.25) is 0 Å². The van der Waals surface area contributed by atoms with Crippen LogP contribution in [0.25, 0.3) is 11.0 Å². The minimum absolute atomic E-state index is 0.130. The van der Waals surface area contributed by atoms with Gasteiger partial charge in [-0.3, -0.25) is 9.78 Å². The van der Waals surface area contributed by atoms with Crippen molar-refractivity contribution in [1.29, 1.82) is 0 Å². The van der Waals surface area contributed by atoms with Crippen LogP contribution in [0.4, 0.5) is 11.6 Å². The number of H-pyrrole nitrogens is 1. The SMILES string of the molecule is CC(C)(C)n1ncc2c(=O)[nH]c(N3CCCN(c4ccccc4)CC3)nc21. The fourth-order valence-electron chi connectivity index (χ4n) is 3.57. The second kappa shape index (κ2) is 6.72. The van der Waals surface area contributed by atoms with E-state index in [0.717, 1.165) is 32.6 Å². The van der Waals surface area contributed by atoms with Crippen LogP contribution in [0.3, 0.4) is 0 Å². The van der Waals surface area contributed by atoms with Crippen molar-refractivity contribution >= 4 is 22.7 Å². The van der Waals surface area contributed by atoms with E-state index in [4.69, 9.17) is 4.98 Å². The Morgan fingerprint density at radius 2 is 1.70 bits per heavy atom. The van der Waals surface area contributed by atoms with E-state index in [0.29, 0.717) is 17.0 Å².